The Morgan fingerprint density at radius 3 is 2.14 bits per heavy atom. The largest absolute Gasteiger partial charge is 0.391 e. The summed E-state index contributed by atoms with van der Waals surface area (Å²) in [5.74, 6) is -5.28. The monoisotopic (exact) mass is 1340 g/mol. The molecule has 1 spiro atoms. The third-order valence-electron chi connectivity index (χ3n) is 21.3. The zero-order chi connectivity index (χ0) is 67.4. The van der Waals surface area contributed by atoms with E-state index in [9.17, 15) is 48.3 Å². The number of carbonyl (C=O) groups is 9. The van der Waals surface area contributed by atoms with Crippen molar-refractivity contribution < 1.29 is 90.9 Å². The topological polar surface area (TPSA) is 327 Å². The fourth-order valence-electron chi connectivity index (χ4n) is 16.2. The molecule has 524 valence electrons. The summed E-state index contributed by atoms with van der Waals surface area (Å²) in [6, 6.07) is 7.74. The summed E-state index contributed by atoms with van der Waals surface area (Å²) >= 11 is 0. The van der Waals surface area contributed by atoms with Crippen molar-refractivity contribution in [3.63, 3.8) is 0 Å². The predicted molar refractivity (Wildman–Crippen MR) is 339 cm³/mol. The molecule has 96 heavy (non-hydrogen) atoms. The predicted octanol–water partition coefficient (Wildman–Crippen LogP) is 0.521. The molecule has 2 unspecified atom stereocenters. The Hall–Kier alpha value is -6.37. The van der Waals surface area contributed by atoms with Gasteiger partial charge in [0, 0.05) is 129 Å². The molecule has 0 aliphatic carbocycles. The highest BCUT2D eigenvalue weighted by Gasteiger charge is 2.69. The number of aliphatic hydroxyl groups is 1. The number of fused-ring (bicyclic) bond motifs is 6. The minimum Gasteiger partial charge on any atom is -0.391 e. The molecule has 27 heteroatoms. The van der Waals surface area contributed by atoms with Crippen molar-refractivity contribution in [3.8, 4) is 0 Å². The van der Waals surface area contributed by atoms with Crippen LogP contribution in [0.1, 0.15) is 109 Å². The first-order chi connectivity index (χ1) is 46.2. The van der Waals surface area contributed by atoms with Crippen LogP contribution in [-0.2, 0) is 92.2 Å². The zero-order valence-corrected chi connectivity index (χ0v) is 54.9. The van der Waals surface area contributed by atoms with Gasteiger partial charge in [-0.05, 0) is 67.6 Å². The van der Waals surface area contributed by atoms with Crippen molar-refractivity contribution in [3.05, 3.63) is 72.4 Å². The number of amides is 8. The Morgan fingerprint density at radius 1 is 0.667 bits per heavy atom. The molecule has 1 aromatic rings. The Kier molecular flexibility index (Phi) is 22.3. The number of benzene rings is 1. The van der Waals surface area contributed by atoms with Crippen molar-refractivity contribution in [2.24, 2.45) is 11.8 Å². The number of imide groups is 1. The van der Waals surface area contributed by atoms with E-state index in [1.54, 1.807) is 42.3 Å². The van der Waals surface area contributed by atoms with Crippen LogP contribution in [0, 0.1) is 11.8 Å². The van der Waals surface area contributed by atoms with Gasteiger partial charge in [-0.1, -0.05) is 50.4 Å². The quantitative estimate of drug-likeness (QED) is 0.0722. The number of rotatable bonds is 21. The normalized spacial score (nSPS) is 35.6. The van der Waals surface area contributed by atoms with E-state index < -0.39 is 121 Å². The van der Waals surface area contributed by atoms with Gasteiger partial charge in [-0.25, -0.2) is 0 Å². The molecule has 6 N–H and O–H groups in total. The maximum absolute atomic E-state index is 14.6. The van der Waals surface area contributed by atoms with Gasteiger partial charge in [-0.3, -0.25) is 53.0 Å². The van der Waals surface area contributed by atoms with Gasteiger partial charge in [-0.15, -0.1) is 0 Å². The van der Waals surface area contributed by atoms with Gasteiger partial charge in [0.25, 0.3) is 11.8 Å². The fourth-order valence-corrected chi connectivity index (χ4v) is 16.2. The molecule has 11 saturated heterocycles. The summed E-state index contributed by atoms with van der Waals surface area (Å²) in [6.45, 7) is 11.7. The lowest BCUT2D eigenvalue weighted by atomic mass is 9.81. The standard InChI is InChI=1S/C69H94N8O19/c1-38-26-44-10-12-49-39(2)27-46(89-49)16-19-69-33-54-64(95-69)65-66(94-54)67(96-69)63-50(93-65)13-11-45(91-63)29-42(78)30-47-52(32-51(90-44)40(38)3)92-53(62(47)88-4)31-43(79)34-70-57(82)36-73-68(87)48(28-41-8-6-5-7-9-41)74-58(83)37-72-56(81)35-71-55(80)17-20-75-22-24-76(25-23-75)59(84)18-21-77-60(85)14-15-61(77)86/h5-9,14-15,38,43-54,62-67,79H,2-3,10-13,16-37H2,1,4H3,(H,70,82)(H,71,80)(H,72,81)(H,73,87)(H,74,83)/t38-,43+,44+,45-,46+,47+,48+,49+,50+,51-,52+,53-,54-,62-,63+,64+,65?,66?,67+,69+/m1/s1. The lowest BCUT2D eigenvalue weighted by Gasteiger charge is -2.47. The van der Waals surface area contributed by atoms with Crippen molar-refractivity contribution >= 4 is 53.0 Å². The zero-order valence-electron chi connectivity index (χ0n) is 54.9. The van der Waals surface area contributed by atoms with Gasteiger partial charge >= 0.3 is 0 Å². The van der Waals surface area contributed by atoms with Gasteiger partial charge in [0.2, 0.25) is 35.4 Å². The fraction of sp³-hybridized carbons (Fsp3) is 0.696. The van der Waals surface area contributed by atoms with Gasteiger partial charge in [0.15, 0.2) is 5.79 Å². The summed E-state index contributed by atoms with van der Waals surface area (Å²) < 4.78 is 60.8. The molecule has 0 radical (unpaired) electrons. The second-order valence-electron chi connectivity index (χ2n) is 28.0. The molecule has 8 amide bonds. The number of Topliss-reactive ketones (excluding diaryl/α,β-unsaturated/α-hetero) is 1. The van der Waals surface area contributed by atoms with E-state index in [4.69, 9.17) is 42.6 Å². The summed E-state index contributed by atoms with van der Waals surface area (Å²) in [5.41, 5.74) is 2.73. The maximum Gasteiger partial charge on any atom is 0.253 e. The average molecular weight is 1340 g/mol. The third-order valence-corrected chi connectivity index (χ3v) is 21.3. The highest BCUT2D eigenvalue weighted by atomic mass is 16.8. The van der Waals surface area contributed by atoms with E-state index >= 15 is 0 Å². The van der Waals surface area contributed by atoms with Gasteiger partial charge in [0.05, 0.1) is 86.8 Å². The van der Waals surface area contributed by atoms with Gasteiger partial charge < -0.3 is 79.2 Å². The molecule has 12 aliphatic rings. The van der Waals surface area contributed by atoms with Crippen LogP contribution >= 0.6 is 0 Å². The van der Waals surface area contributed by atoms with E-state index in [2.05, 4.69) is 46.7 Å². The number of aliphatic hydroxyl groups excluding tert-OH is 1. The number of methoxy groups -OCH3 is 1. The van der Waals surface area contributed by atoms with Gasteiger partial charge in [-0.2, -0.15) is 0 Å². The first kappa shape index (κ1) is 69.5. The van der Waals surface area contributed by atoms with Crippen LogP contribution in [0.3, 0.4) is 0 Å². The number of nitrogens with zero attached hydrogens (tertiary/aromatic N) is 3. The Bertz CT molecular complexity index is 3090. The molecule has 0 aromatic heterocycles. The molecule has 11 fully saturated rings. The Balaban J connectivity index is 0.610. The maximum atomic E-state index is 14.6. The summed E-state index contributed by atoms with van der Waals surface area (Å²) in [4.78, 5) is 121. The minimum absolute atomic E-state index is 0.00846. The molecule has 12 heterocycles. The van der Waals surface area contributed by atoms with E-state index in [0.717, 1.165) is 48.2 Å². The second kappa shape index (κ2) is 30.8. The number of ether oxygens (including phenoxy) is 9. The Morgan fingerprint density at radius 2 is 1.35 bits per heavy atom. The first-order valence-electron chi connectivity index (χ1n) is 34.6. The van der Waals surface area contributed by atoms with E-state index in [0.29, 0.717) is 70.4 Å². The molecule has 1 aromatic carbocycles. The van der Waals surface area contributed by atoms with Crippen LogP contribution in [0.15, 0.2) is 66.8 Å². The number of hydrogen-bond acceptors (Lipinski definition) is 20. The number of nitrogens with one attached hydrogen (secondary N) is 5. The SMILES string of the molecule is C=C1C[C@@H]2CC[C@@]34C[C@H]5OC6C(O[C@H]7CC[C@H](CC(=O)C[C@@H]8[C@@H](OC)[C@@H](C[C@H](O)CNC(=O)CNC(=O)[C@H](Cc9ccccc9)NC(=O)CNC(=O)CNC(=O)CCN9CCN(C(=O)CCN%10C(=O)C=CC%10=O)CC9)O[C@H]8C[C@H]8O[C@@H](CC[C@@H]1O2)C[C@@H](C)C8=C)O[C@@H]7[C@@H]6O3)[C@H]5O4. The lowest BCUT2D eigenvalue weighted by Crippen LogP contribution is -2.61. The Labute approximate surface area is 559 Å². The minimum atomic E-state index is -1.16. The number of ketones is 1. The van der Waals surface area contributed by atoms with E-state index in [1.165, 1.54) is 12.2 Å². The van der Waals surface area contributed by atoms with Crippen molar-refractivity contribution in [1.82, 2.24) is 41.3 Å². The number of piperazine rings is 1. The highest BCUT2D eigenvalue weighted by molar-refractivity contribution is 6.13. The molecule has 12 bridgehead atoms. The van der Waals surface area contributed by atoms with Gasteiger partial charge in [0.1, 0.15) is 42.3 Å². The third kappa shape index (κ3) is 16.5. The summed E-state index contributed by atoms with van der Waals surface area (Å²) in [6.07, 6.45) is 3.38. The van der Waals surface area contributed by atoms with Crippen LogP contribution in [0.25, 0.3) is 0 Å². The smallest absolute Gasteiger partial charge is 0.253 e. The highest BCUT2D eigenvalue weighted by Crippen LogP contribution is 2.54. The van der Waals surface area contributed by atoms with Crippen LogP contribution < -0.4 is 26.6 Å². The number of hydrogen-bond donors (Lipinski definition) is 6. The summed E-state index contributed by atoms with van der Waals surface area (Å²) in [7, 11) is 1.57. The van der Waals surface area contributed by atoms with Crippen LogP contribution in [0.4, 0.5) is 0 Å². The van der Waals surface area contributed by atoms with Crippen molar-refractivity contribution in [1.29, 1.82) is 0 Å². The average Bonchev–Trinajstić information content (AvgIpc) is 1.55. The van der Waals surface area contributed by atoms with Crippen LogP contribution in [0.5, 0.6) is 0 Å². The molecular weight excluding hydrogens is 1240 g/mol. The van der Waals surface area contributed by atoms with Crippen molar-refractivity contribution in [2.75, 3.05) is 72.6 Å². The van der Waals surface area contributed by atoms with E-state index in [1.807, 2.05) is 4.90 Å². The molecular formula is C69H94N8O19. The lowest BCUT2D eigenvalue weighted by molar-refractivity contribution is -0.292. The molecule has 27 nitrogen and oxygen atoms in total. The van der Waals surface area contributed by atoms with Crippen molar-refractivity contribution in [2.45, 2.75) is 219 Å². The second-order valence-corrected chi connectivity index (χ2v) is 28.0. The summed E-state index contributed by atoms with van der Waals surface area (Å²) in [5, 5.41) is 24.5. The number of carbonyl (C=O) groups excluding carboxylic acids is 9. The molecule has 12 aliphatic heterocycles. The van der Waals surface area contributed by atoms with E-state index in [-0.39, 0.29) is 124 Å². The molecule has 20 atom stereocenters. The van der Waals surface area contributed by atoms with Crippen LogP contribution in [-0.4, -0.2) is 255 Å². The first-order valence-corrected chi connectivity index (χ1v) is 34.6. The van der Waals surface area contributed by atoms with Crippen LogP contribution in [0.2, 0.25) is 0 Å². The molecule has 13 rings (SSSR count). The molecule has 0 saturated carbocycles.